The number of oxime groups is 1. The second kappa shape index (κ2) is 11.8. The molecular weight excluding hydrogens is 557 g/mol. The van der Waals surface area contributed by atoms with Gasteiger partial charge in [-0.15, -0.1) is 0 Å². The van der Waals surface area contributed by atoms with Gasteiger partial charge in [0.05, 0.1) is 18.8 Å². The maximum atomic E-state index is 13.6. The van der Waals surface area contributed by atoms with E-state index in [4.69, 9.17) is 11.6 Å². The summed E-state index contributed by atoms with van der Waals surface area (Å²) in [5.74, 6) is -0.189. The van der Waals surface area contributed by atoms with Gasteiger partial charge in [-0.25, -0.2) is 9.78 Å². The number of alkyl halides is 3. The zero-order chi connectivity index (χ0) is 29.0. The minimum absolute atomic E-state index is 0.136. The van der Waals surface area contributed by atoms with Gasteiger partial charge >= 0.3 is 11.7 Å². The average Bonchev–Trinajstić information content (AvgIpc) is 2.96. The van der Waals surface area contributed by atoms with E-state index in [-0.39, 0.29) is 23.5 Å². The average molecular weight is 580 g/mol. The van der Waals surface area contributed by atoms with E-state index < -0.39 is 19.2 Å². The monoisotopic (exact) mass is 579 g/mol. The van der Waals surface area contributed by atoms with Gasteiger partial charge in [-0.1, -0.05) is 71.4 Å². The third-order valence-corrected chi connectivity index (χ3v) is 6.53. The normalized spacial score (nSPS) is 11.8. The van der Waals surface area contributed by atoms with Crippen LogP contribution in [0.15, 0.2) is 101 Å². The van der Waals surface area contributed by atoms with Crippen LogP contribution in [0.2, 0.25) is 5.15 Å². The molecule has 5 aromatic rings. The SMILES string of the molecule is O=c1c(-c2cccc(-c3ccc(/C=N/OCCC(F)(F)F)cc3)c2)c(O)[n+](Cc2ccc(Cl)nc2)c2ccccn12. The highest BCUT2D eigenvalue weighted by Crippen LogP contribution is 2.29. The van der Waals surface area contributed by atoms with E-state index in [1.54, 1.807) is 71.6 Å². The second-order valence-electron chi connectivity index (χ2n) is 9.14. The molecule has 0 atom stereocenters. The highest BCUT2D eigenvalue weighted by atomic mass is 35.5. The Bertz CT molecular complexity index is 1770. The number of hydrogen-bond donors (Lipinski definition) is 1. The van der Waals surface area contributed by atoms with Crippen molar-refractivity contribution >= 4 is 23.5 Å². The van der Waals surface area contributed by atoms with E-state index in [9.17, 15) is 23.1 Å². The Balaban J connectivity index is 1.46. The first kappa shape index (κ1) is 27.9. The summed E-state index contributed by atoms with van der Waals surface area (Å²) < 4.78 is 39.8. The molecule has 0 aliphatic rings. The van der Waals surface area contributed by atoms with Crippen LogP contribution in [0.4, 0.5) is 13.2 Å². The van der Waals surface area contributed by atoms with Crippen molar-refractivity contribution in [1.82, 2.24) is 9.38 Å². The number of hydrogen-bond acceptors (Lipinski definition) is 5. The Kier molecular flexibility index (Phi) is 8.02. The van der Waals surface area contributed by atoms with Crippen molar-refractivity contribution in [1.29, 1.82) is 0 Å². The van der Waals surface area contributed by atoms with Gasteiger partial charge in [-0.2, -0.15) is 22.1 Å². The van der Waals surface area contributed by atoms with E-state index in [1.807, 2.05) is 24.3 Å². The predicted octanol–water partition coefficient (Wildman–Crippen LogP) is 6.03. The zero-order valence-corrected chi connectivity index (χ0v) is 22.2. The largest absolute Gasteiger partial charge is 0.477 e. The molecule has 1 N–H and O–H groups in total. The molecule has 41 heavy (non-hydrogen) atoms. The predicted molar refractivity (Wildman–Crippen MR) is 149 cm³/mol. The summed E-state index contributed by atoms with van der Waals surface area (Å²) in [6.07, 6.45) is -0.778. The van der Waals surface area contributed by atoms with Crippen LogP contribution >= 0.6 is 11.6 Å². The number of fused-ring (bicyclic) bond motifs is 1. The lowest BCUT2D eigenvalue weighted by molar-refractivity contribution is -0.671. The molecule has 0 aliphatic heterocycles. The lowest BCUT2D eigenvalue weighted by Crippen LogP contribution is -2.41. The van der Waals surface area contributed by atoms with Crippen LogP contribution in [-0.2, 0) is 11.4 Å². The van der Waals surface area contributed by atoms with Gasteiger partial charge in [-0.3, -0.25) is 0 Å². The Labute approximate surface area is 237 Å². The van der Waals surface area contributed by atoms with Gasteiger partial charge in [0.2, 0.25) is 0 Å². The first-order valence-electron chi connectivity index (χ1n) is 12.5. The summed E-state index contributed by atoms with van der Waals surface area (Å²) in [6.45, 7) is -0.303. The number of rotatable bonds is 8. The van der Waals surface area contributed by atoms with Crippen molar-refractivity contribution < 1.29 is 27.7 Å². The number of halogens is 4. The van der Waals surface area contributed by atoms with Gasteiger partial charge in [0.1, 0.15) is 18.3 Å². The molecule has 11 heteroatoms. The zero-order valence-electron chi connectivity index (χ0n) is 21.4. The molecule has 0 aliphatic carbocycles. The van der Waals surface area contributed by atoms with Crippen LogP contribution in [-0.4, -0.2) is 33.5 Å². The van der Waals surface area contributed by atoms with Crippen molar-refractivity contribution in [2.45, 2.75) is 19.1 Å². The maximum absolute atomic E-state index is 13.6. The summed E-state index contributed by atoms with van der Waals surface area (Å²) >= 11 is 5.93. The van der Waals surface area contributed by atoms with E-state index in [1.165, 1.54) is 10.6 Å². The van der Waals surface area contributed by atoms with E-state index in [2.05, 4.69) is 15.0 Å². The van der Waals surface area contributed by atoms with Crippen LogP contribution in [0.3, 0.4) is 0 Å². The number of aromatic hydroxyl groups is 1. The molecule has 0 radical (unpaired) electrons. The van der Waals surface area contributed by atoms with Crippen molar-refractivity contribution in [2.75, 3.05) is 6.61 Å². The van der Waals surface area contributed by atoms with Gasteiger partial charge in [0, 0.05) is 17.8 Å². The fourth-order valence-electron chi connectivity index (χ4n) is 4.30. The van der Waals surface area contributed by atoms with Crippen LogP contribution in [0, 0.1) is 0 Å². The quantitative estimate of drug-likeness (QED) is 0.0801. The lowest BCUT2D eigenvalue weighted by atomic mass is 9.99. The standard InChI is InChI=1S/C30H22ClF3N4O3/c31-25-12-9-21(17-35-25)19-38-26-6-1-2-14-37(26)28(39)27(29(38)40)24-5-3-4-23(16-24)22-10-7-20(8-11-22)18-36-41-15-13-30(32,33)34/h1-12,14,16-18H,13,15,19H2/p+1/b36-18+. The van der Waals surface area contributed by atoms with Gasteiger partial charge < -0.3 is 9.94 Å². The molecular formula is C30H23ClF3N4O3+. The summed E-state index contributed by atoms with van der Waals surface area (Å²) in [7, 11) is 0. The molecule has 3 heterocycles. The van der Waals surface area contributed by atoms with Gasteiger partial charge in [0.15, 0.2) is 5.56 Å². The Morgan fingerprint density at radius 3 is 2.51 bits per heavy atom. The molecule has 0 amide bonds. The molecule has 0 unspecified atom stereocenters. The smallest absolute Gasteiger partial charge is 0.392 e. The van der Waals surface area contributed by atoms with Crippen LogP contribution < -0.4 is 10.1 Å². The highest BCUT2D eigenvalue weighted by Gasteiger charge is 2.27. The van der Waals surface area contributed by atoms with Crippen molar-refractivity contribution in [3.05, 3.63) is 118 Å². The fraction of sp³-hybridized carbons (Fsp3) is 0.133. The Hall–Kier alpha value is -4.70. The molecule has 7 nitrogen and oxygen atoms in total. The minimum Gasteiger partial charge on any atom is -0.477 e. The molecule has 0 bridgehead atoms. The number of benzene rings is 2. The first-order valence-corrected chi connectivity index (χ1v) is 12.9. The van der Waals surface area contributed by atoms with Crippen LogP contribution in [0.1, 0.15) is 17.5 Å². The summed E-state index contributed by atoms with van der Waals surface area (Å²) in [5, 5.41) is 15.4. The lowest BCUT2D eigenvalue weighted by Gasteiger charge is -2.11. The molecule has 0 saturated carbocycles. The third kappa shape index (κ3) is 6.55. The van der Waals surface area contributed by atoms with E-state index in [0.29, 0.717) is 21.9 Å². The minimum atomic E-state index is -4.30. The molecule has 5 rings (SSSR count). The molecule has 208 valence electrons. The summed E-state index contributed by atoms with van der Waals surface area (Å²) in [6, 6.07) is 23.1. The van der Waals surface area contributed by atoms with Gasteiger partial charge in [0.25, 0.3) is 11.5 Å². The molecule has 2 aromatic carbocycles. The Morgan fingerprint density at radius 1 is 1.00 bits per heavy atom. The van der Waals surface area contributed by atoms with Crippen LogP contribution in [0.5, 0.6) is 5.88 Å². The number of nitrogens with zero attached hydrogens (tertiary/aromatic N) is 4. The molecule has 0 saturated heterocycles. The molecule has 3 aromatic heterocycles. The van der Waals surface area contributed by atoms with Crippen molar-refractivity contribution in [3.63, 3.8) is 0 Å². The highest BCUT2D eigenvalue weighted by molar-refractivity contribution is 6.29. The first-order chi connectivity index (χ1) is 19.7. The van der Waals surface area contributed by atoms with Crippen LogP contribution in [0.25, 0.3) is 27.9 Å². The molecule has 0 spiro atoms. The maximum Gasteiger partial charge on any atom is 0.392 e. The van der Waals surface area contributed by atoms with Gasteiger partial charge in [-0.05, 0) is 40.5 Å². The Morgan fingerprint density at radius 2 is 1.78 bits per heavy atom. The third-order valence-electron chi connectivity index (χ3n) is 6.30. The number of aromatic nitrogens is 3. The second-order valence-corrected chi connectivity index (χ2v) is 9.53. The van der Waals surface area contributed by atoms with Crippen molar-refractivity contribution in [3.8, 4) is 28.1 Å². The number of pyridine rings is 2. The van der Waals surface area contributed by atoms with Crippen molar-refractivity contribution in [2.24, 2.45) is 5.16 Å². The fourth-order valence-corrected chi connectivity index (χ4v) is 4.42. The summed E-state index contributed by atoms with van der Waals surface area (Å²) in [4.78, 5) is 22.4. The van der Waals surface area contributed by atoms with E-state index in [0.717, 1.165) is 16.7 Å². The van der Waals surface area contributed by atoms with E-state index >= 15 is 0 Å². The topological polar surface area (TPSA) is 80.1 Å². The molecule has 0 fully saturated rings. The summed E-state index contributed by atoms with van der Waals surface area (Å²) in [5.41, 5.74) is 3.82.